The molecular weight excluding hydrogens is 238 g/mol. The lowest BCUT2D eigenvalue weighted by Crippen LogP contribution is -2.49. The van der Waals surface area contributed by atoms with Crippen molar-refractivity contribution in [3.63, 3.8) is 0 Å². The van der Waals surface area contributed by atoms with E-state index in [-0.39, 0.29) is 0 Å². The number of nitrogens with two attached hydrogens (primary N) is 1. The number of rotatable bonds is 1. The van der Waals surface area contributed by atoms with E-state index in [1.54, 1.807) is 6.07 Å². The Morgan fingerprint density at radius 3 is 3.18 bits per heavy atom. The maximum atomic E-state index is 6.00. The molecule has 0 radical (unpaired) electrons. The van der Waals surface area contributed by atoms with E-state index in [9.17, 15) is 0 Å². The average molecular weight is 254 g/mol. The summed E-state index contributed by atoms with van der Waals surface area (Å²) in [6.45, 7) is 1.59. The SMILES string of the molecule is Nc1ccc(Cl)nc1N1CCOC2CCCC21. The average Bonchev–Trinajstić information content (AvgIpc) is 2.80. The summed E-state index contributed by atoms with van der Waals surface area (Å²) in [5.41, 5.74) is 6.70. The van der Waals surface area contributed by atoms with Gasteiger partial charge in [0.15, 0.2) is 5.82 Å². The number of hydrogen-bond acceptors (Lipinski definition) is 4. The molecule has 2 unspecified atom stereocenters. The van der Waals surface area contributed by atoms with Crippen molar-refractivity contribution in [1.29, 1.82) is 0 Å². The van der Waals surface area contributed by atoms with E-state index < -0.39 is 0 Å². The van der Waals surface area contributed by atoms with Gasteiger partial charge in [-0.25, -0.2) is 4.98 Å². The molecule has 0 spiro atoms. The van der Waals surface area contributed by atoms with E-state index in [1.807, 2.05) is 6.07 Å². The molecule has 4 nitrogen and oxygen atoms in total. The van der Waals surface area contributed by atoms with Crippen LogP contribution in [0.15, 0.2) is 12.1 Å². The molecule has 1 saturated heterocycles. The summed E-state index contributed by atoms with van der Waals surface area (Å²) in [6, 6.07) is 3.97. The number of aromatic nitrogens is 1. The number of fused-ring (bicyclic) bond motifs is 1. The number of hydrogen-bond donors (Lipinski definition) is 1. The third-order valence-corrected chi connectivity index (χ3v) is 3.84. The van der Waals surface area contributed by atoms with E-state index in [1.165, 1.54) is 6.42 Å². The number of ether oxygens (including phenoxy) is 1. The number of pyridine rings is 1. The van der Waals surface area contributed by atoms with Crippen LogP contribution in [0.1, 0.15) is 19.3 Å². The predicted molar refractivity (Wildman–Crippen MR) is 68.4 cm³/mol. The summed E-state index contributed by atoms with van der Waals surface area (Å²) in [5.74, 6) is 0.817. The molecule has 2 heterocycles. The van der Waals surface area contributed by atoms with Crippen LogP contribution >= 0.6 is 11.6 Å². The van der Waals surface area contributed by atoms with Gasteiger partial charge in [0.25, 0.3) is 0 Å². The summed E-state index contributed by atoms with van der Waals surface area (Å²) in [7, 11) is 0. The van der Waals surface area contributed by atoms with Gasteiger partial charge in [-0.3, -0.25) is 0 Å². The fourth-order valence-corrected chi connectivity index (χ4v) is 3.00. The Hall–Kier alpha value is -1.00. The van der Waals surface area contributed by atoms with Crippen molar-refractivity contribution in [2.45, 2.75) is 31.4 Å². The van der Waals surface area contributed by atoms with E-state index >= 15 is 0 Å². The normalized spacial score (nSPS) is 28.2. The second-order valence-electron chi connectivity index (χ2n) is 4.65. The topological polar surface area (TPSA) is 51.4 Å². The van der Waals surface area contributed by atoms with Gasteiger partial charge < -0.3 is 15.4 Å². The lowest BCUT2D eigenvalue weighted by Gasteiger charge is -2.39. The molecule has 5 heteroatoms. The molecule has 2 N–H and O–H groups in total. The Bertz CT molecular complexity index is 426. The first-order valence-corrected chi connectivity index (χ1v) is 6.44. The van der Waals surface area contributed by atoms with E-state index in [4.69, 9.17) is 22.1 Å². The number of anilines is 2. The Balaban J connectivity index is 1.94. The molecule has 1 saturated carbocycles. The Kier molecular flexibility index (Phi) is 2.84. The standard InChI is InChI=1S/C12H16ClN3O/c13-11-5-4-8(14)12(15-11)16-6-7-17-10-3-1-2-9(10)16/h4-5,9-10H,1-3,6-7,14H2. The minimum atomic E-state index is 0.337. The first kappa shape index (κ1) is 11.1. The molecule has 0 aromatic carbocycles. The van der Waals surface area contributed by atoms with Gasteiger partial charge in [0.05, 0.1) is 24.4 Å². The van der Waals surface area contributed by atoms with Crippen LogP contribution < -0.4 is 10.6 Å². The van der Waals surface area contributed by atoms with E-state index in [2.05, 4.69) is 9.88 Å². The molecule has 0 amide bonds. The highest BCUT2D eigenvalue weighted by atomic mass is 35.5. The Labute approximate surface area is 106 Å². The summed E-state index contributed by atoms with van der Waals surface area (Å²) < 4.78 is 5.78. The molecule has 2 atom stereocenters. The molecule has 2 fully saturated rings. The summed E-state index contributed by atoms with van der Waals surface area (Å²) in [6.07, 6.45) is 3.84. The summed E-state index contributed by atoms with van der Waals surface area (Å²) >= 11 is 5.95. The van der Waals surface area contributed by atoms with Crippen LogP contribution in [0.4, 0.5) is 11.5 Å². The van der Waals surface area contributed by atoms with Crippen molar-refractivity contribution in [2.75, 3.05) is 23.8 Å². The molecule has 92 valence electrons. The Morgan fingerprint density at radius 2 is 2.29 bits per heavy atom. The molecule has 17 heavy (non-hydrogen) atoms. The molecule has 1 aliphatic carbocycles. The van der Waals surface area contributed by atoms with Gasteiger partial charge in [0.1, 0.15) is 5.15 Å². The van der Waals surface area contributed by atoms with Crippen molar-refractivity contribution in [3.05, 3.63) is 17.3 Å². The zero-order chi connectivity index (χ0) is 11.8. The monoisotopic (exact) mass is 253 g/mol. The molecular formula is C12H16ClN3O. The van der Waals surface area contributed by atoms with Crippen LogP contribution in [-0.2, 0) is 4.74 Å². The number of halogens is 1. The third kappa shape index (κ3) is 1.96. The minimum Gasteiger partial charge on any atom is -0.396 e. The fraction of sp³-hybridized carbons (Fsp3) is 0.583. The van der Waals surface area contributed by atoms with Crippen LogP contribution in [0, 0.1) is 0 Å². The maximum absolute atomic E-state index is 6.00. The highest BCUT2D eigenvalue weighted by Gasteiger charge is 2.37. The van der Waals surface area contributed by atoms with Gasteiger partial charge in [-0.15, -0.1) is 0 Å². The van der Waals surface area contributed by atoms with Gasteiger partial charge in [-0.05, 0) is 31.4 Å². The number of morpholine rings is 1. The van der Waals surface area contributed by atoms with Gasteiger partial charge in [0.2, 0.25) is 0 Å². The number of nitrogens with zero attached hydrogens (tertiary/aromatic N) is 2. The van der Waals surface area contributed by atoms with E-state index in [0.29, 0.717) is 23.0 Å². The predicted octanol–water partition coefficient (Wildman–Crippen LogP) is 2.07. The third-order valence-electron chi connectivity index (χ3n) is 3.63. The minimum absolute atomic E-state index is 0.337. The molecule has 1 aromatic heterocycles. The zero-order valence-corrected chi connectivity index (χ0v) is 10.4. The first-order chi connectivity index (χ1) is 8.25. The van der Waals surface area contributed by atoms with Gasteiger partial charge >= 0.3 is 0 Å². The molecule has 2 aliphatic rings. The summed E-state index contributed by atoms with van der Waals surface area (Å²) in [4.78, 5) is 6.63. The summed E-state index contributed by atoms with van der Waals surface area (Å²) in [5, 5.41) is 0.496. The van der Waals surface area contributed by atoms with Crippen molar-refractivity contribution in [3.8, 4) is 0 Å². The van der Waals surface area contributed by atoms with Crippen LogP contribution in [-0.4, -0.2) is 30.3 Å². The van der Waals surface area contributed by atoms with Crippen molar-refractivity contribution in [1.82, 2.24) is 4.98 Å². The van der Waals surface area contributed by atoms with Crippen LogP contribution in [0.3, 0.4) is 0 Å². The highest BCUT2D eigenvalue weighted by Crippen LogP contribution is 2.34. The first-order valence-electron chi connectivity index (χ1n) is 6.06. The quantitative estimate of drug-likeness (QED) is 0.779. The van der Waals surface area contributed by atoms with Crippen molar-refractivity contribution < 1.29 is 4.74 Å². The smallest absolute Gasteiger partial charge is 0.153 e. The Morgan fingerprint density at radius 1 is 1.41 bits per heavy atom. The molecule has 0 bridgehead atoms. The lowest BCUT2D eigenvalue weighted by atomic mass is 10.1. The fourth-order valence-electron chi connectivity index (χ4n) is 2.85. The molecule has 3 rings (SSSR count). The van der Waals surface area contributed by atoms with E-state index in [0.717, 1.165) is 31.8 Å². The lowest BCUT2D eigenvalue weighted by molar-refractivity contribution is 0.0254. The second kappa shape index (κ2) is 4.35. The van der Waals surface area contributed by atoms with Gasteiger partial charge in [-0.1, -0.05) is 11.6 Å². The van der Waals surface area contributed by atoms with Crippen molar-refractivity contribution >= 4 is 23.1 Å². The van der Waals surface area contributed by atoms with Crippen LogP contribution in [0.5, 0.6) is 0 Å². The van der Waals surface area contributed by atoms with Crippen molar-refractivity contribution in [2.24, 2.45) is 0 Å². The molecule has 1 aliphatic heterocycles. The van der Waals surface area contributed by atoms with Gasteiger partial charge in [-0.2, -0.15) is 0 Å². The highest BCUT2D eigenvalue weighted by molar-refractivity contribution is 6.29. The second-order valence-corrected chi connectivity index (χ2v) is 5.03. The number of nitrogen functional groups attached to an aromatic ring is 1. The zero-order valence-electron chi connectivity index (χ0n) is 9.60. The van der Waals surface area contributed by atoms with Gasteiger partial charge in [0, 0.05) is 6.54 Å². The maximum Gasteiger partial charge on any atom is 0.153 e. The largest absolute Gasteiger partial charge is 0.396 e. The van der Waals surface area contributed by atoms with Crippen LogP contribution in [0.2, 0.25) is 5.15 Å². The van der Waals surface area contributed by atoms with Crippen LogP contribution in [0.25, 0.3) is 0 Å². The molecule has 1 aromatic rings.